The lowest BCUT2D eigenvalue weighted by Gasteiger charge is -2.07. The highest BCUT2D eigenvalue weighted by Crippen LogP contribution is 2.31. The molecule has 1 aromatic heterocycles. The van der Waals surface area contributed by atoms with E-state index in [2.05, 4.69) is 4.98 Å². The summed E-state index contributed by atoms with van der Waals surface area (Å²) in [6, 6.07) is 5.68. The number of aryl methyl sites for hydroxylation is 1. The van der Waals surface area contributed by atoms with E-state index in [1.165, 1.54) is 11.3 Å². The molecule has 3 nitrogen and oxygen atoms in total. The molecule has 0 aliphatic heterocycles. The van der Waals surface area contributed by atoms with Gasteiger partial charge in [-0.1, -0.05) is 23.5 Å². The van der Waals surface area contributed by atoms with Gasteiger partial charge in [0.15, 0.2) is 5.75 Å². The molecule has 2 aromatic rings. The Morgan fingerprint density at radius 2 is 2.29 bits per heavy atom. The summed E-state index contributed by atoms with van der Waals surface area (Å²) in [4.78, 5) is 4.03. The Labute approximate surface area is 86.2 Å². The summed E-state index contributed by atoms with van der Waals surface area (Å²) >= 11 is 1.45. The topological polar surface area (TPSA) is 48.1 Å². The third-order valence-corrected chi connectivity index (χ3v) is 2.49. The van der Waals surface area contributed by atoms with E-state index in [0.717, 1.165) is 5.56 Å². The van der Waals surface area contributed by atoms with Crippen molar-refractivity contribution in [2.45, 2.75) is 6.92 Å². The average Bonchev–Trinajstić information content (AvgIpc) is 2.64. The zero-order valence-corrected chi connectivity index (χ0v) is 8.54. The fraction of sp³-hybridized carbons (Fsp3) is 0.100. The Morgan fingerprint density at radius 3 is 2.93 bits per heavy atom. The lowest BCUT2D eigenvalue weighted by molar-refractivity contribution is 0.477. The number of hydrogen-bond donors (Lipinski definition) is 1. The molecule has 1 heterocycles. The molecule has 2 N–H and O–H groups in total. The molecule has 0 aliphatic rings. The first-order valence-corrected chi connectivity index (χ1v) is 5.08. The first kappa shape index (κ1) is 9.02. The molecule has 72 valence electrons. The standard InChI is InChI=1S/C10H10N2OS/c1-7-3-2-4-8(11)9(7)13-10-12-5-6-14-10/h2-6H,11H2,1H3. The van der Waals surface area contributed by atoms with Gasteiger partial charge < -0.3 is 10.5 Å². The molecule has 14 heavy (non-hydrogen) atoms. The molecule has 0 saturated carbocycles. The predicted octanol–water partition coefficient (Wildman–Crippen LogP) is 2.83. The molecule has 0 amide bonds. The van der Waals surface area contributed by atoms with Gasteiger partial charge in [0.2, 0.25) is 0 Å². The normalized spacial score (nSPS) is 10.1. The monoisotopic (exact) mass is 206 g/mol. The van der Waals surface area contributed by atoms with Crippen LogP contribution in [0.3, 0.4) is 0 Å². The van der Waals surface area contributed by atoms with Crippen LogP contribution in [0.4, 0.5) is 5.69 Å². The second kappa shape index (κ2) is 3.67. The molecule has 0 saturated heterocycles. The van der Waals surface area contributed by atoms with Crippen molar-refractivity contribution in [1.29, 1.82) is 0 Å². The molecule has 0 fully saturated rings. The molecular weight excluding hydrogens is 196 g/mol. The van der Waals surface area contributed by atoms with E-state index in [9.17, 15) is 0 Å². The minimum absolute atomic E-state index is 0.617. The van der Waals surface area contributed by atoms with Crippen LogP contribution in [-0.2, 0) is 0 Å². The minimum Gasteiger partial charge on any atom is -0.428 e. The minimum atomic E-state index is 0.617. The number of ether oxygens (including phenoxy) is 1. The van der Waals surface area contributed by atoms with Gasteiger partial charge in [-0.3, -0.25) is 0 Å². The number of rotatable bonds is 2. The van der Waals surface area contributed by atoms with Crippen molar-refractivity contribution < 1.29 is 4.74 Å². The first-order valence-electron chi connectivity index (χ1n) is 4.20. The van der Waals surface area contributed by atoms with E-state index in [4.69, 9.17) is 10.5 Å². The van der Waals surface area contributed by atoms with Crippen molar-refractivity contribution in [3.63, 3.8) is 0 Å². The number of thiazole rings is 1. The molecule has 0 unspecified atom stereocenters. The van der Waals surface area contributed by atoms with Gasteiger partial charge in [0.25, 0.3) is 5.19 Å². The smallest absolute Gasteiger partial charge is 0.278 e. The quantitative estimate of drug-likeness (QED) is 0.768. The second-order valence-corrected chi connectivity index (χ2v) is 3.75. The summed E-state index contributed by atoms with van der Waals surface area (Å²) in [5.41, 5.74) is 7.44. The number of benzene rings is 1. The Bertz CT molecular complexity index is 405. The molecule has 0 radical (unpaired) electrons. The van der Waals surface area contributed by atoms with Gasteiger partial charge in [0.05, 0.1) is 5.69 Å². The van der Waals surface area contributed by atoms with E-state index in [1.807, 2.05) is 30.5 Å². The van der Waals surface area contributed by atoms with E-state index in [-0.39, 0.29) is 0 Å². The third-order valence-electron chi connectivity index (χ3n) is 1.84. The highest BCUT2D eigenvalue weighted by Gasteiger charge is 2.06. The first-order chi connectivity index (χ1) is 6.77. The Hall–Kier alpha value is -1.55. The van der Waals surface area contributed by atoms with Crippen LogP contribution in [0.5, 0.6) is 10.9 Å². The Kier molecular flexibility index (Phi) is 2.37. The number of anilines is 1. The molecule has 0 spiro atoms. The Morgan fingerprint density at radius 1 is 1.43 bits per heavy atom. The van der Waals surface area contributed by atoms with Crippen LogP contribution in [-0.4, -0.2) is 4.98 Å². The number of hydrogen-bond acceptors (Lipinski definition) is 4. The van der Waals surface area contributed by atoms with Gasteiger partial charge in [0.1, 0.15) is 0 Å². The third kappa shape index (κ3) is 1.70. The van der Waals surface area contributed by atoms with Crippen molar-refractivity contribution in [3.8, 4) is 10.9 Å². The highest BCUT2D eigenvalue weighted by atomic mass is 32.1. The van der Waals surface area contributed by atoms with Gasteiger partial charge >= 0.3 is 0 Å². The van der Waals surface area contributed by atoms with Crippen LogP contribution in [0.25, 0.3) is 0 Å². The van der Waals surface area contributed by atoms with Gasteiger partial charge in [0, 0.05) is 11.6 Å². The van der Waals surface area contributed by atoms with Gasteiger partial charge in [-0.15, -0.1) is 0 Å². The van der Waals surface area contributed by atoms with Crippen LogP contribution in [0, 0.1) is 6.92 Å². The summed E-state index contributed by atoms with van der Waals surface area (Å²) in [5, 5.41) is 2.48. The van der Waals surface area contributed by atoms with E-state index >= 15 is 0 Å². The molecule has 0 bridgehead atoms. The van der Waals surface area contributed by atoms with Gasteiger partial charge in [-0.25, -0.2) is 4.98 Å². The van der Waals surface area contributed by atoms with Crippen LogP contribution in [0.15, 0.2) is 29.8 Å². The molecule has 1 aromatic carbocycles. The zero-order valence-electron chi connectivity index (χ0n) is 7.73. The molecule has 2 rings (SSSR count). The van der Waals surface area contributed by atoms with E-state index < -0.39 is 0 Å². The lowest BCUT2D eigenvalue weighted by atomic mass is 10.2. The number of aromatic nitrogens is 1. The zero-order chi connectivity index (χ0) is 9.97. The van der Waals surface area contributed by atoms with Crippen molar-refractivity contribution in [2.75, 3.05) is 5.73 Å². The fourth-order valence-electron chi connectivity index (χ4n) is 1.16. The van der Waals surface area contributed by atoms with Crippen molar-refractivity contribution in [1.82, 2.24) is 4.98 Å². The van der Waals surface area contributed by atoms with Crippen molar-refractivity contribution in [3.05, 3.63) is 35.3 Å². The number of nitrogen functional groups attached to an aromatic ring is 1. The van der Waals surface area contributed by atoms with Crippen LogP contribution in [0.2, 0.25) is 0 Å². The largest absolute Gasteiger partial charge is 0.428 e. The van der Waals surface area contributed by atoms with Crippen molar-refractivity contribution >= 4 is 17.0 Å². The van der Waals surface area contributed by atoms with E-state index in [0.29, 0.717) is 16.6 Å². The lowest BCUT2D eigenvalue weighted by Crippen LogP contribution is -1.93. The summed E-state index contributed by atoms with van der Waals surface area (Å²) in [7, 11) is 0. The number of para-hydroxylation sites is 1. The maximum absolute atomic E-state index is 5.79. The van der Waals surface area contributed by atoms with Gasteiger partial charge in [-0.05, 0) is 18.6 Å². The van der Waals surface area contributed by atoms with E-state index in [1.54, 1.807) is 6.20 Å². The summed E-state index contributed by atoms with van der Waals surface area (Å²) in [6.45, 7) is 1.96. The summed E-state index contributed by atoms with van der Waals surface area (Å²) < 4.78 is 5.56. The number of nitrogens with two attached hydrogens (primary N) is 1. The molecule has 0 aliphatic carbocycles. The predicted molar refractivity (Wildman–Crippen MR) is 57.8 cm³/mol. The molecular formula is C10H10N2OS. The van der Waals surface area contributed by atoms with Gasteiger partial charge in [-0.2, -0.15) is 0 Å². The SMILES string of the molecule is Cc1cccc(N)c1Oc1nccs1. The maximum atomic E-state index is 5.79. The fourth-order valence-corrected chi connectivity index (χ4v) is 1.65. The summed E-state index contributed by atoms with van der Waals surface area (Å²) in [6.07, 6.45) is 1.70. The summed E-state index contributed by atoms with van der Waals surface area (Å²) in [5.74, 6) is 0.697. The van der Waals surface area contributed by atoms with Crippen LogP contribution in [0.1, 0.15) is 5.56 Å². The molecule has 4 heteroatoms. The maximum Gasteiger partial charge on any atom is 0.278 e. The van der Waals surface area contributed by atoms with Crippen LogP contribution >= 0.6 is 11.3 Å². The van der Waals surface area contributed by atoms with Crippen LogP contribution < -0.4 is 10.5 Å². The number of nitrogens with zero attached hydrogens (tertiary/aromatic N) is 1. The highest BCUT2D eigenvalue weighted by molar-refractivity contribution is 7.11. The molecule has 0 atom stereocenters. The van der Waals surface area contributed by atoms with Crippen molar-refractivity contribution in [2.24, 2.45) is 0 Å². The average molecular weight is 206 g/mol. The second-order valence-electron chi connectivity index (χ2n) is 2.89. The Balaban J connectivity index is 2.33.